The molecule has 0 spiro atoms. The molecule has 0 aromatic heterocycles. The Hall–Kier alpha value is -2.46. The van der Waals surface area contributed by atoms with E-state index in [4.69, 9.17) is 9.47 Å². The number of nitrogens with one attached hydrogen (secondary N) is 1. The molecule has 3 aromatic rings. The van der Waals surface area contributed by atoms with Gasteiger partial charge in [0.25, 0.3) is 0 Å². The summed E-state index contributed by atoms with van der Waals surface area (Å²) >= 11 is 3.64. The van der Waals surface area contributed by atoms with E-state index in [0.29, 0.717) is 13.2 Å². The van der Waals surface area contributed by atoms with E-state index in [2.05, 4.69) is 89.7 Å². The molecule has 0 bridgehead atoms. The average Bonchev–Trinajstić information content (AvgIpc) is 2.72. The number of benzene rings is 3. The zero-order chi connectivity index (χ0) is 19.9. The summed E-state index contributed by atoms with van der Waals surface area (Å²) in [6, 6.07) is 21.0. The maximum atomic E-state index is 6.04. The van der Waals surface area contributed by atoms with Crippen molar-refractivity contribution in [1.29, 1.82) is 0 Å². The Kier molecular flexibility index (Phi) is 6.99. The Balaban J connectivity index is 1.68. The van der Waals surface area contributed by atoms with Crippen molar-refractivity contribution in [1.82, 2.24) is 0 Å². The fraction of sp³-hybridized carbons (Fsp3) is 0.250. The van der Waals surface area contributed by atoms with Crippen LogP contribution in [0.25, 0.3) is 0 Å². The topological polar surface area (TPSA) is 30.5 Å². The molecule has 0 atom stereocenters. The van der Waals surface area contributed by atoms with Crippen molar-refractivity contribution in [3.05, 3.63) is 87.4 Å². The number of hydrogen-bond acceptors (Lipinski definition) is 3. The third kappa shape index (κ3) is 5.29. The molecule has 0 aliphatic carbocycles. The Morgan fingerprint density at radius 3 is 2.21 bits per heavy atom. The van der Waals surface area contributed by atoms with E-state index in [9.17, 15) is 0 Å². The van der Waals surface area contributed by atoms with Crippen molar-refractivity contribution in [2.45, 2.75) is 33.4 Å². The first-order valence-corrected chi connectivity index (χ1v) is 10.3. The summed E-state index contributed by atoms with van der Waals surface area (Å²) < 4.78 is 12.5. The van der Waals surface area contributed by atoms with Gasteiger partial charge in [0.15, 0.2) is 11.5 Å². The Bertz CT molecular complexity index is 905. The molecule has 0 aliphatic heterocycles. The second-order valence-corrected chi connectivity index (χ2v) is 7.64. The van der Waals surface area contributed by atoms with Gasteiger partial charge in [-0.25, -0.2) is 0 Å². The van der Waals surface area contributed by atoms with Gasteiger partial charge in [0.1, 0.15) is 6.61 Å². The quantitative estimate of drug-likeness (QED) is 0.433. The van der Waals surface area contributed by atoms with Crippen LogP contribution in [0.1, 0.15) is 29.2 Å². The van der Waals surface area contributed by atoms with Crippen LogP contribution in [0, 0.1) is 6.92 Å². The van der Waals surface area contributed by atoms with Gasteiger partial charge in [0.05, 0.1) is 11.6 Å². The van der Waals surface area contributed by atoms with Crippen molar-refractivity contribution in [3.63, 3.8) is 0 Å². The summed E-state index contributed by atoms with van der Waals surface area (Å²) in [5, 5.41) is 3.46. The van der Waals surface area contributed by atoms with Crippen LogP contribution in [0.4, 0.5) is 5.69 Å². The van der Waals surface area contributed by atoms with Crippen LogP contribution in [-0.2, 0) is 19.6 Å². The van der Waals surface area contributed by atoms with Gasteiger partial charge in [0.2, 0.25) is 0 Å². The second-order valence-electron chi connectivity index (χ2n) is 6.79. The largest absolute Gasteiger partial charge is 0.493 e. The predicted molar refractivity (Wildman–Crippen MR) is 119 cm³/mol. The van der Waals surface area contributed by atoms with Crippen molar-refractivity contribution in [2.24, 2.45) is 0 Å². The zero-order valence-electron chi connectivity index (χ0n) is 16.6. The lowest BCUT2D eigenvalue weighted by atomic mass is 10.1. The molecular formula is C24H26BrNO2. The molecule has 146 valence electrons. The molecule has 4 heteroatoms. The SMILES string of the molecule is CCc1ccc(NCc2cc(Br)c(OCc3ccc(C)cc3)c(OC)c2)cc1. The monoisotopic (exact) mass is 439 g/mol. The van der Waals surface area contributed by atoms with E-state index < -0.39 is 0 Å². The van der Waals surface area contributed by atoms with Crippen molar-refractivity contribution in [3.8, 4) is 11.5 Å². The highest BCUT2D eigenvalue weighted by atomic mass is 79.9. The average molecular weight is 440 g/mol. The molecule has 1 N–H and O–H groups in total. The Labute approximate surface area is 175 Å². The van der Waals surface area contributed by atoms with Gasteiger partial charge in [-0.05, 0) is 70.2 Å². The molecule has 3 rings (SSSR count). The van der Waals surface area contributed by atoms with Gasteiger partial charge in [-0.2, -0.15) is 0 Å². The molecule has 0 aliphatic rings. The van der Waals surface area contributed by atoms with Gasteiger partial charge in [-0.15, -0.1) is 0 Å². The lowest BCUT2D eigenvalue weighted by molar-refractivity contribution is 0.282. The van der Waals surface area contributed by atoms with Crippen LogP contribution in [0.2, 0.25) is 0 Å². The maximum absolute atomic E-state index is 6.04. The van der Waals surface area contributed by atoms with Crippen molar-refractivity contribution in [2.75, 3.05) is 12.4 Å². The number of rotatable bonds is 8. The second kappa shape index (κ2) is 9.65. The van der Waals surface area contributed by atoms with Gasteiger partial charge in [-0.3, -0.25) is 0 Å². The smallest absolute Gasteiger partial charge is 0.175 e. The minimum Gasteiger partial charge on any atom is -0.493 e. The zero-order valence-corrected chi connectivity index (χ0v) is 18.2. The van der Waals surface area contributed by atoms with Gasteiger partial charge in [-0.1, -0.05) is 48.9 Å². The molecule has 0 unspecified atom stereocenters. The lowest BCUT2D eigenvalue weighted by Gasteiger charge is -2.15. The fourth-order valence-corrected chi connectivity index (χ4v) is 3.52. The first kappa shape index (κ1) is 20.3. The van der Waals surface area contributed by atoms with Crippen molar-refractivity contribution >= 4 is 21.6 Å². The van der Waals surface area contributed by atoms with E-state index in [1.165, 1.54) is 11.1 Å². The van der Waals surface area contributed by atoms with Crippen LogP contribution in [-0.4, -0.2) is 7.11 Å². The molecule has 3 nitrogen and oxygen atoms in total. The van der Waals surface area contributed by atoms with Gasteiger partial charge in [0, 0.05) is 12.2 Å². The van der Waals surface area contributed by atoms with E-state index in [-0.39, 0.29) is 0 Å². The normalized spacial score (nSPS) is 10.6. The third-order valence-corrected chi connectivity index (χ3v) is 5.24. The van der Waals surface area contributed by atoms with E-state index in [1.807, 2.05) is 6.07 Å². The Morgan fingerprint density at radius 1 is 0.893 bits per heavy atom. The Morgan fingerprint density at radius 2 is 1.57 bits per heavy atom. The maximum Gasteiger partial charge on any atom is 0.175 e. The first-order chi connectivity index (χ1) is 13.6. The first-order valence-electron chi connectivity index (χ1n) is 9.46. The highest BCUT2D eigenvalue weighted by Gasteiger charge is 2.12. The number of methoxy groups -OCH3 is 1. The minimum absolute atomic E-state index is 0.497. The summed E-state index contributed by atoms with van der Waals surface area (Å²) in [4.78, 5) is 0. The standard InChI is InChI=1S/C24H26BrNO2/c1-4-18-9-11-21(12-10-18)26-15-20-13-22(25)24(23(14-20)27-3)28-16-19-7-5-17(2)6-8-19/h5-14,26H,4,15-16H2,1-3H3. The molecule has 0 radical (unpaired) electrons. The number of halogens is 1. The number of aryl methyl sites for hydroxylation is 2. The summed E-state index contributed by atoms with van der Waals surface area (Å²) in [6.45, 7) is 5.44. The van der Waals surface area contributed by atoms with Crippen molar-refractivity contribution < 1.29 is 9.47 Å². The van der Waals surface area contributed by atoms with Crippen LogP contribution >= 0.6 is 15.9 Å². The fourth-order valence-electron chi connectivity index (χ4n) is 2.92. The summed E-state index contributed by atoms with van der Waals surface area (Å²) in [6.07, 6.45) is 1.05. The molecule has 0 saturated carbocycles. The van der Waals surface area contributed by atoms with E-state index >= 15 is 0 Å². The summed E-state index contributed by atoms with van der Waals surface area (Å²) in [5.41, 5.74) is 5.92. The van der Waals surface area contributed by atoms with E-state index in [1.54, 1.807) is 7.11 Å². The molecular weight excluding hydrogens is 414 g/mol. The number of hydrogen-bond donors (Lipinski definition) is 1. The van der Waals surface area contributed by atoms with Gasteiger partial charge < -0.3 is 14.8 Å². The summed E-state index contributed by atoms with van der Waals surface area (Å²) in [7, 11) is 1.67. The lowest BCUT2D eigenvalue weighted by Crippen LogP contribution is -2.03. The molecule has 0 fully saturated rings. The van der Waals surface area contributed by atoms with Crippen LogP contribution in [0.5, 0.6) is 11.5 Å². The minimum atomic E-state index is 0.497. The van der Waals surface area contributed by atoms with Crippen LogP contribution in [0.15, 0.2) is 65.1 Å². The predicted octanol–water partition coefficient (Wildman–Crippen LogP) is 6.52. The summed E-state index contributed by atoms with van der Waals surface area (Å²) in [5.74, 6) is 1.44. The highest BCUT2D eigenvalue weighted by molar-refractivity contribution is 9.10. The van der Waals surface area contributed by atoms with Crippen LogP contribution < -0.4 is 14.8 Å². The van der Waals surface area contributed by atoms with Crippen LogP contribution in [0.3, 0.4) is 0 Å². The molecule has 0 amide bonds. The molecule has 0 heterocycles. The number of ether oxygens (including phenoxy) is 2. The number of anilines is 1. The molecule has 28 heavy (non-hydrogen) atoms. The molecule has 3 aromatic carbocycles. The highest BCUT2D eigenvalue weighted by Crippen LogP contribution is 2.37. The van der Waals surface area contributed by atoms with Gasteiger partial charge >= 0.3 is 0 Å². The molecule has 0 saturated heterocycles. The van der Waals surface area contributed by atoms with E-state index in [0.717, 1.165) is 39.2 Å². The third-order valence-electron chi connectivity index (χ3n) is 4.65.